The SMILES string of the molecule is COc1ccc2c(c1)CCN(C1CCN(C(=O)O[C@H](Cc3ccc(Cl)c(Cl)c3)C(=O)N3CCN(C4CCN(C)CC4)CC3)CC1)C(=O)N2. The highest BCUT2D eigenvalue weighted by Crippen LogP contribution is 2.29. The molecule has 0 saturated carbocycles. The van der Waals surface area contributed by atoms with Crippen LogP contribution in [0.1, 0.15) is 36.8 Å². The van der Waals surface area contributed by atoms with Gasteiger partial charge in [-0.1, -0.05) is 29.3 Å². The van der Waals surface area contributed by atoms with Crippen molar-refractivity contribution in [2.75, 3.05) is 78.4 Å². The average molecular weight is 702 g/mol. The maximum atomic E-state index is 13.9. The van der Waals surface area contributed by atoms with Crippen LogP contribution in [0.25, 0.3) is 0 Å². The number of methoxy groups -OCH3 is 1. The maximum absolute atomic E-state index is 13.9. The first-order valence-corrected chi connectivity index (χ1v) is 17.8. The summed E-state index contributed by atoms with van der Waals surface area (Å²) in [5, 5.41) is 3.85. The van der Waals surface area contributed by atoms with Crippen molar-refractivity contribution in [3.63, 3.8) is 0 Å². The summed E-state index contributed by atoms with van der Waals surface area (Å²) >= 11 is 12.5. The van der Waals surface area contributed by atoms with Gasteiger partial charge in [-0.3, -0.25) is 9.69 Å². The van der Waals surface area contributed by atoms with Gasteiger partial charge in [0.15, 0.2) is 6.10 Å². The van der Waals surface area contributed by atoms with Crippen LogP contribution in [-0.2, 0) is 22.4 Å². The Morgan fingerprint density at radius 3 is 2.25 bits per heavy atom. The molecular formula is C35H46Cl2N6O5. The van der Waals surface area contributed by atoms with Gasteiger partial charge in [0.25, 0.3) is 5.91 Å². The summed E-state index contributed by atoms with van der Waals surface area (Å²) < 4.78 is 11.4. The molecule has 13 heteroatoms. The molecule has 0 radical (unpaired) electrons. The Hall–Kier alpha value is -3.25. The fraction of sp³-hybridized carbons (Fsp3) is 0.571. The zero-order chi connectivity index (χ0) is 33.8. The minimum Gasteiger partial charge on any atom is -0.497 e. The van der Waals surface area contributed by atoms with E-state index in [-0.39, 0.29) is 24.4 Å². The van der Waals surface area contributed by atoms with Crippen molar-refractivity contribution in [2.24, 2.45) is 0 Å². The number of amides is 4. The van der Waals surface area contributed by atoms with Gasteiger partial charge in [0, 0.05) is 70.0 Å². The lowest BCUT2D eigenvalue weighted by Gasteiger charge is -2.42. The number of piperidine rings is 2. The van der Waals surface area contributed by atoms with E-state index in [0.29, 0.717) is 68.1 Å². The molecule has 0 spiro atoms. The van der Waals surface area contributed by atoms with E-state index in [2.05, 4.69) is 22.2 Å². The number of carbonyl (C=O) groups excluding carboxylic acids is 3. The number of hydrogen-bond donors (Lipinski definition) is 1. The molecule has 4 amide bonds. The van der Waals surface area contributed by atoms with E-state index in [9.17, 15) is 14.4 Å². The molecule has 1 N–H and O–H groups in total. The Balaban J connectivity index is 1.06. The lowest BCUT2D eigenvalue weighted by molar-refractivity contribution is -0.143. The molecule has 2 aromatic carbocycles. The number of nitrogens with zero attached hydrogens (tertiary/aromatic N) is 5. The molecular weight excluding hydrogens is 655 g/mol. The van der Waals surface area contributed by atoms with Crippen LogP contribution in [0, 0.1) is 0 Å². The highest BCUT2D eigenvalue weighted by molar-refractivity contribution is 6.42. The van der Waals surface area contributed by atoms with Crippen molar-refractivity contribution in [2.45, 2.75) is 56.7 Å². The van der Waals surface area contributed by atoms with Crippen LogP contribution in [0.2, 0.25) is 10.0 Å². The molecule has 11 nitrogen and oxygen atoms in total. The van der Waals surface area contributed by atoms with E-state index < -0.39 is 12.2 Å². The molecule has 6 rings (SSSR count). The summed E-state index contributed by atoms with van der Waals surface area (Å²) in [4.78, 5) is 50.9. The number of benzene rings is 2. The minimum absolute atomic E-state index is 0.0141. The second kappa shape index (κ2) is 15.5. The average Bonchev–Trinajstić information content (AvgIpc) is 3.27. The summed E-state index contributed by atoms with van der Waals surface area (Å²) in [5.74, 6) is 0.568. The summed E-state index contributed by atoms with van der Waals surface area (Å²) in [6.07, 6.45) is 2.92. The summed E-state index contributed by atoms with van der Waals surface area (Å²) in [7, 11) is 3.79. The van der Waals surface area contributed by atoms with E-state index >= 15 is 0 Å². The summed E-state index contributed by atoms with van der Waals surface area (Å²) in [5.41, 5.74) is 2.60. The van der Waals surface area contributed by atoms with Gasteiger partial charge < -0.3 is 34.4 Å². The van der Waals surface area contributed by atoms with Crippen molar-refractivity contribution in [3.8, 4) is 5.75 Å². The molecule has 260 valence electrons. The quantitative estimate of drug-likeness (QED) is 0.442. The number of piperazine rings is 1. The Morgan fingerprint density at radius 2 is 1.56 bits per heavy atom. The number of carbonyl (C=O) groups is 3. The van der Waals surface area contributed by atoms with Crippen LogP contribution in [0.3, 0.4) is 0 Å². The van der Waals surface area contributed by atoms with Crippen LogP contribution in [0.15, 0.2) is 36.4 Å². The topological polar surface area (TPSA) is 97.9 Å². The largest absolute Gasteiger partial charge is 0.497 e. The fourth-order valence-corrected chi connectivity index (χ4v) is 7.71. The van der Waals surface area contributed by atoms with Crippen molar-refractivity contribution in [1.82, 2.24) is 24.5 Å². The fourth-order valence-electron chi connectivity index (χ4n) is 7.39. The van der Waals surface area contributed by atoms with Crippen LogP contribution >= 0.6 is 23.2 Å². The van der Waals surface area contributed by atoms with E-state index in [1.54, 1.807) is 24.1 Å². The number of ether oxygens (including phenoxy) is 2. The van der Waals surface area contributed by atoms with Gasteiger partial charge in [-0.15, -0.1) is 0 Å². The smallest absolute Gasteiger partial charge is 0.410 e. The second-order valence-corrected chi connectivity index (χ2v) is 14.1. The lowest BCUT2D eigenvalue weighted by Crippen LogP contribution is -2.56. The third-order valence-corrected chi connectivity index (χ3v) is 11.1. The third-order valence-electron chi connectivity index (χ3n) is 10.4. The number of likely N-dealkylation sites (tertiary alicyclic amines) is 2. The number of halogens is 2. The van der Waals surface area contributed by atoms with Crippen molar-refractivity contribution in [1.29, 1.82) is 0 Å². The van der Waals surface area contributed by atoms with E-state index in [4.69, 9.17) is 32.7 Å². The van der Waals surface area contributed by atoms with Crippen LogP contribution in [-0.4, -0.2) is 134 Å². The number of fused-ring (bicyclic) bond motifs is 1. The molecule has 4 heterocycles. The normalized spacial score (nSPS) is 20.9. The number of nitrogens with one attached hydrogen (secondary N) is 1. The van der Waals surface area contributed by atoms with Crippen LogP contribution in [0.4, 0.5) is 15.3 Å². The minimum atomic E-state index is -0.991. The predicted octanol–water partition coefficient (Wildman–Crippen LogP) is 4.84. The number of hydrogen-bond acceptors (Lipinski definition) is 7. The molecule has 3 fully saturated rings. The summed E-state index contributed by atoms with van der Waals surface area (Å²) in [6.45, 7) is 6.44. The zero-order valence-corrected chi connectivity index (χ0v) is 29.3. The monoisotopic (exact) mass is 700 g/mol. The molecule has 4 aliphatic heterocycles. The van der Waals surface area contributed by atoms with Crippen LogP contribution < -0.4 is 10.1 Å². The highest BCUT2D eigenvalue weighted by atomic mass is 35.5. The predicted molar refractivity (Wildman–Crippen MR) is 186 cm³/mol. The first-order valence-electron chi connectivity index (χ1n) is 17.0. The van der Waals surface area contributed by atoms with Gasteiger partial charge in [-0.2, -0.15) is 0 Å². The van der Waals surface area contributed by atoms with Gasteiger partial charge in [-0.25, -0.2) is 9.59 Å². The van der Waals surface area contributed by atoms with Gasteiger partial charge in [0.05, 0.1) is 17.2 Å². The molecule has 2 aromatic rings. The number of urea groups is 1. The van der Waals surface area contributed by atoms with Crippen molar-refractivity contribution < 1.29 is 23.9 Å². The first kappa shape index (κ1) is 34.6. The highest BCUT2D eigenvalue weighted by Gasteiger charge is 2.36. The van der Waals surface area contributed by atoms with E-state index in [1.807, 2.05) is 34.1 Å². The van der Waals surface area contributed by atoms with Crippen molar-refractivity contribution in [3.05, 3.63) is 57.6 Å². The Kier molecular flexibility index (Phi) is 11.2. The molecule has 1 atom stereocenters. The van der Waals surface area contributed by atoms with Crippen molar-refractivity contribution >= 4 is 46.9 Å². The van der Waals surface area contributed by atoms with E-state index in [0.717, 1.165) is 61.6 Å². The van der Waals surface area contributed by atoms with Gasteiger partial charge in [-0.05, 0) is 93.7 Å². The van der Waals surface area contributed by atoms with E-state index in [1.165, 1.54) is 0 Å². The standard InChI is InChI=1S/C35H46Cl2N6O5/c1-39-12-8-26(9-13-39)40-17-19-41(20-18-40)33(44)32(22-24-3-5-29(36)30(37)21-24)48-35(46)42-14-10-27(11-15-42)43-16-7-25-23-28(47-2)4-6-31(25)38-34(43)45/h3-6,21,23,26-27,32H,7-20,22H2,1-2H3,(H,38,45)/t32-/m1/s1. The molecule has 0 unspecified atom stereocenters. The molecule has 0 bridgehead atoms. The number of rotatable bonds is 7. The molecule has 3 saturated heterocycles. The Morgan fingerprint density at radius 1 is 0.854 bits per heavy atom. The third kappa shape index (κ3) is 8.13. The van der Waals surface area contributed by atoms with Gasteiger partial charge in [0.1, 0.15) is 5.75 Å². The molecule has 0 aromatic heterocycles. The maximum Gasteiger partial charge on any atom is 0.410 e. The summed E-state index contributed by atoms with van der Waals surface area (Å²) in [6, 6.07) is 11.3. The van der Waals surface area contributed by atoms with Gasteiger partial charge >= 0.3 is 12.1 Å². The van der Waals surface area contributed by atoms with Crippen LogP contribution in [0.5, 0.6) is 5.75 Å². The molecule has 0 aliphatic carbocycles. The lowest BCUT2D eigenvalue weighted by atomic mass is 10.0. The molecule has 48 heavy (non-hydrogen) atoms. The van der Waals surface area contributed by atoms with Gasteiger partial charge in [0.2, 0.25) is 0 Å². The zero-order valence-electron chi connectivity index (χ0n) is 27.8. The Bertz CT molecular complexity index is 1470. The first-order chi connectivity index (χ1) is 23.2. The second-order valence-electron chi connectivity index (χ2n) is 13.3. The Labute approximate surface area is 293 Å². The molecule has 4 aliphatic rings. The number of anilines is 1.